The predicted octanol–water partition coefficient (Wildman–Crippen LogP) is 3.78. The van der Waals surface area contributed by atoms with Gasteiger partial charge in [-0.25, -0.2) is 4.79 Å². The van der Waals surface area contributed by atoms with Gasteiger partial charge in [-0.05, 0) is 29.7 Å². The average molecular weight is 367 g/mol. The molecule has 0 bridgehead atoms. The summed E-state index contributed by atoms with van der Waals surface area (Å²) < 4.78 is 42.7. The number of alkyl carbamates (subject to hydrolysis) is 1. The number of ether oxygens (including phenoxy) is 1. The van der Waals surface area contributed by atoms with Crippen LogP contribution in [0, 0.1) is 5.92 Å². The highest BCUT2D eigenvalue weighted by Crippen LogP contribution is 2.29. The SMILES string of the molecule is O=C(NCC(CO)Cc1ccc(C(F)(F)F)cc1)OCc1ccccc1. The number of hydrogen-bond donors (Lipinski definition) is 2. The molecule has 1 atom stereocenters. The van der Waals surface area contributed by atoms with Crippen LogP contribution in [0.15, 0.2) is 54.6 Å². The quantitative estimate of drug-likeness (QED) is 0.783. The number of amides is 1. The summed E-state index contributed by atoms with van der Waals surface area (Å²) in [7, 11) is 0. The molecule has 1 unspecified atom stereocenters. The van der Waals surface area contributed by atoms with Crippen LogP contribution in [-0.4, -0.2) is 24.4 Å². The zero-order chi connectivity index (χ0) is 19.0. The Morgan fingerprint density at radius 1 is 1.04 bits per heavy atom. The van der Waals surface area contributed by atoms with Gasteiger partial charge in [0.05, 0.1) is 5.56 Å². The van der Waals surface area contributed by atoms with Crippen LogP contribution in [0.2, 0.25) is 0 Å². The fourth-order valence-corrected chi connectivity index (χ4v) is 2.37. The first kappa shape index (κ1) is 19.8. The highest BCUT2D eigenvalue weighted by atomic mass is 19.4. The van der Waals surface area contributed by atoms with E-state index in [9.17, 15) is 23.1 Å². The van der Waals surface area contributed by atoms with Gasteiger partial charge in [0.2, 0.25) is 0 Å². The molecule has 2 aromatic carbocycles. The molecule has 0 spiro atoms. The van der Waals surface area contributed by atoms with Crippen LogP contribution in [0.5, 0.6) is 0 Å². The largest absolute Gasteiger partial charge is 0.445 e. The standard InChI is InChI=1S/C19H20F3NO3/c20-19(21,22)17-8-6-14(7-9-17)10-16(12-24)11-23-18(25)26-13-15-4-2-1-3-5-15/h1-9,16,24H,10-13H2,(H,23,25). The second kappa shape index (κ2) is 9.24. The lowest BCUT2D eigenvalue weighted by Crippen LogP contribution is -2.32. The van der Waals surface area contributed by atoms with Crippen molar-refractivity contribution in [3.8, 4) is 0 Å². The summed E-state index contributed by atoms with van der Waals surface area (Å²) in [4.78, 5) is 11.7. The summed E-state index contributed by atoms with van der Waals surface area (Å²) >= 11 is 0. The zero-order valence-corrected chi connectivity index (χ0v) is 14.0. The van der Waals surface area contributed by atoms with Gasteiger partial charge in [-0.2, -0.15) is 13.2 Å². The molecule has 0 saturated carbocycles. The molecular weight excluding hydrogens is 347 g/mol. The molecule has 0 radical (unpaired) electrons. The maximum absolute atomic E-state index is 12.6. The normalized spacial score (nSPS) is 12.5. The molecule has 26 heavy (non-hydrogen) atoms. The van der Waals surface area contributed by atoms with Gasteiger partial charge >= 0.3 is 12.3 Å². The Morgan fingerprint density at radius 2 is 1.69 bits per heavy atom. The summed E-state index contributed by atoms with van der Waals surface area (Å²) in [6.07, 6.45) is -4.65. The first-order chi connectivity index (χ1) is 12.4. The lowest BCUT2D eigenvalue weighted by Gasteiger charge is -2.16. The molecule has 0 aromatic heterocycles. The van der Waals surface area contributed by atoms with E-state index < -0.39 is 17.8 Å². The van der Waals surface area contributed by atoms with Gasteiger partial charge < -0.3 is 15.2 Å². The van der Waals surface area contributed by atoms with Crippen molar-refractivity contribution in [3.05, 3.63) is 71.3 Å². The van der Waals surface area contributed by atoms with Gasteiger partial charge in [0.15, 0.2) is 0 Å². The van der Waals surface area contributed by atoms with Crippen LogP contribution in [0.25, 0.3) is 0 Å². The third-order valence-electron chi connectivity index (χ3n) is 3.81. The van der Waals surface area contributed by atoms with Crippen LogP contribution in [-0.2, 0) is 23.9 Å². The lowest BCUT2D eigenvalue weighted by atomic mass is 9.99. The zero-order valence-electron chi connectivity index (χ0n) is 14.0. The van der Waals surface area contributed by atoms with Crippen molar-refractivity contribution in [3.63, 3.8) is 0 Å². The Bertz CT molecular complexity index is 687. The molecule has 1 amide bonds. The molecule has 7 heteroatoms. The number of halogens is 3. The topological polar surface area (TPSA) is 58.6 Å². The smallest absolute Gasteiger partial charge is 0.416 e. The minimum atomic E-state index is -4.38. The molecule has 2 rings (SSSR count). The average Bonchev–Trinajstić information content (AvgIpc) is 2.64. The third-order valence-corrected chi connectivity index (χ3v) is 3.81. The molecule has 140 valence electrons. The monoisotopic (exact) mass is 367 g/mol. The Hall–Kier alpha value is -2.54. The fraction of sp³-hybridized carbons (Fsp3) is 0.316. The van der Waals surface area contributed by atoms with Crippen molar-refractivity contribution in [2.45, 2.75) is 19.2 Å². The molecule has 0 aliphatic carbocycles. The second-order valence-electron chi connectivity index (χ2n) is 5.89. The van der Waals surface area contributed by atoms with Gasteiger partial charge in [0, 0.05) is 19.1 Å². The van der Waals surface area contributed by atoms with Crippen molar-refractivity contribution in [2.75, 3.05) is 13.2 Å². The Morgan fingerprint density at radius 3 is 2.27 bits per heavy atom. The van der Waals surface area contributed by atoms with Crippen molar-refractivity contribution in [2.24, 2.45) is 5.92 Å². The van der Waals surface area contributed by atoms with Crippen LogP contribution in [0.4, 0.5) is 18.0 Å². The second-order valence-corrected chi connectivity index (χ2v) is 5.89. The number of rotatable bonds is 7. The summed E-state index contributed by atoms with van der Waals surface area (Å²) in [5.41, 5.74) is 0.784. The third kappa shape index (κ3) is 6.40. The van der Waals surface area contributed by atoms with Gasteiger partial charge in [-0.3, -0.25) is 0 Å². The Labute approximate surface area is 149 Å². The number of benzene rings is 2. The fourth-order valence-electron chi connectivity index (χ4n) is 2.37. The Balaban J connectivity index is 1.78. The number of carbonyl (C=O) groups excluding carboxylic acids is 1. The molecule has 0 saturated heterocycles. The molecule has 0 aliphatic heterocycles. The highest BCUT2D eigenvalue weighted by molar-refractivity contribution is 5.67. The van der Waals surface area contributed by atoms with Gasteiger partial charge in [-0.15, -0.1) is 0 Å². The number of carbonyl (C=O) groups is 1. The van der Waals surface area contributed by atoms with Gasteiger partial charge in [0.25, 0.3) is 0 Å². The summed E-state index contributed by atoms with van der Waals surface area (Å²) in [6.45, 7) is 0.0838. The predicted molar refractivity (Wildman–Crippen MR) is 90.4 cm³/mol. The summed E-state index contributed by atoms with van der Waals surface area (Å²) in [6, 6.07) is 13.9. The molecule has 0 heterocycles. The van der Waals surface area contributed by atoms with Gasteiger partial charge in [-0.1, -0.05) is 42.5 Å². The molecule has 2 N–H and O–H groups in total. The van der Waals surface area contributed by atoms with Crippen LogP contribution in [0.3, 0.4) is 0 Å². The van der Waals surface area contributed by atoms with Crippen molar-refractivity contribution < 1.29 is 27.8 Å². The van der Waals surface area contributed by atoms with E-state index in [1.54, 1.807) is 0 Å². The van der Waals surface area contributed by atoms with Crippen LogP contribution < -0.4 is 5.32 Å². The van der Waals surface area contributed by atoms with E-state index in [0.29, 0.717) is 12.0 Å². The van der Waals surface area contributed by atoms with E-state index >= 15 is 0 Å². The van der Waals surface area contributed by atoms with E-state index in [1.807, 2.05) is 30.3 Å². The van der Waals surface area contributed by atoms with Crippen LogP contribution >= 0.6 is 0 Å². The molecule has 0 fully saturated rings. The number of alkyl halides is 3. The molecule has 2 aromatic rings. The minimum Gasteiger partial charge on any atom is -0.445 e. The van der Waals surface area contributed by atoms with Crippen molar-refractivity contribution in [1.82, 2.24) is 5.32 Å². The van der Waals surface area contributed by atoms with E-state index in [4.69, 9.17) is 4.74 Å². The van der Waals surface area contributed by atoms with Crippen LogP contribution in [0.1, 0.15) is 16.7 Å². The van der Waals surface area contributed by atoms with Gasteiger partial charge in [0.1, 0.15) is 6.61 Å². The first-order valence-corrected chi connectivity index (χ1v) is 8.10. The molecule has 0 aliphatic rings. The summed E-state index contributed by atoms with van der Waals surface area (Å²) in [5, 5.41) is 12.0. The number of aliphatic hydroxyl groups is 1. The first-order valence-electron chi connectivity index (χ1n) is 8.10. The number of nitrogens with one attached hydrogen (secondary N) is 1. The van der Waals surface area contributed by atoms with E-state index in [2.05, 4.69) is 5.32 Å². The number of hydrogen-bond acceptors (Lipinski definition) is 3. The van der Waals surface area contributed by atoms with Crippen molar-refractivity contribution >= 4 is 6.09 Å². The lowest BCUT2D eigenvalue weighted by molar-refractivity contribution is -0.137. The summed E-state index contributed by atoms with van der Waals surface area (Å²) in [5.74, 6) is -0.323. The van der Waals surface area contributed by atoms with E-state index in [-0.39, 0.29) is 25.7 Å². The van der Waals surface area contributed by atoms with Crippen molar-refractivity contribution in [1.29, 1.82) is 0 Å². The maximum Gasteiger partial charge on any atom is 0.416 e. The molecule has 4 nitrogen and oxygen atoms in total. The maximum atomic E-state index is 12.6. The van der Waals surface area contributed by atoms with E-state index in [0.717, 1.165) is 17.7 Å². The van der Waals surface area contributed by atoms with E-state index in [1.165, 1.54) is 12.1 Å². The number of aliphatic hydroxyl groups excluding tert-OH is 1. The molecular formula is C19H20F3NO3. The Kier molecular flexibility index (Phi) is 7.03. The minimum absolute atomic E-state index is 0.134. The highest BCUT2D eigenvalue weighted by Gasteiger charge is 2.30.